The third-order valence-corrected chi connectivity index (χ3v) is 3.58. The fraction of sp³-hybridized carbons (Fsp3) is 0.429. The normalized spacial score (nSPS) is 12.6. The van der Waals surface area contributed by atoms with Crippen LogP contribution in [0.1, 0.15) is 23.3 Å². The Morgan fingerprint density at radius 3 is 2.70 bits per heavy atom. The van der Waals surface area contributed by atoms with E-state index in [4.69, 9.17) is 5.11 Å². The van der Waals surface area contributed by atoms with E-state index in [0.29, 0.717) is 12.4 Å². The van der Waals surface area contributed by atoms with Crippen molar-refractivity contribution in [3.8, 4) is 0 Å². The van der Waals surface area contributed by atoms with Crippen LogP contribution in [-0.2, 0) is 13.0 Å². The maximum atomic E-state index is 10.3. The van der Waals surface area contributed by atoms with Gasteiger partial charge >= 0.3 is 0 Å². The summed E-state index contributed by atoms with van der Waals surface area (Å²) in [7, 11) is 0. The Bertz CT molecular complexity index is 530. The zero-order chi connectivity index (χ0) is 14.4. The van der Waals surface area contributed by atoms with Crippen LogP contribution in [0.2, 0.25) is 0 Å². The van der Waals surface area contributed by atoms with Gasteiger partial charge in [-0.25, -0.2) is 9.67 Å². The van der Waals surface area contributed by atoms with Gasteiger partial charge in [0, 0.05) is 12.2 Å². The van der Waals surface area contributed by atoms with Crippen LogP contribution in [0.4, 0.5) is 0 Å². The van der Waals surface area contributed by atoms with Crippen LogP contribution in [0.3, 0.4) is 0 Å². The number of rotatable bonds is 7. The highest BCUT2D eigenvalue weighted by Gasteiger charge is 2.18. The van der Waals surface area contributed by atoms with E-state index in [0.717, 1.165) is 23.6 Å². The van der Waals surface area contributed by atoms with Crippen molar-refractivity contribution in [2.45, 2.75) is 19.1 Å². The molecular weight excluding hydrogens is 274 g/mol. The van der Waals surface area contributed by atoms with Crippen LogP contribution < -0.4 is 0 Å². The monoisotopic (exact) mass is 293 g/mol. The van der Waals surface area contributed by atoms with Crippen LogP contribution in [0.25, 0.3) is 0 Å². The molecule has 0 unspecified atom stereocenters. The van der Waals surface area contributed by atoms with Crippen LogP contribution in [0, 0.1) is 0 Å². The van der Waals surface area contributed by atoms with Crippen molar-refractivity contribution in [1.29, 1.82) is 0 Å². The van der Waals surface area contributed by atoms with Gasteiger partial charge in [-0.2, -0.15) is 16.9 Å². The molecule has 0 aliphatic rings. The topological polar surface area (TPSA) is 71.2 Å². The fourth-order valence-corrected chi connectivity index (χ4v) is 2.33. The highest BCUT2D eigenvalue weighted by molar-refractivity contribution is 7.98. The quantitative estimate of drug-likeness (QED) is 0.804. The zero-order valence-corrected chi connectivity index (χ0v) is 12.3. The number of thioether (sulfide) groups is 1. The van der Waals surface area contributed by atoms with E-state index in [1.165, 1.54) is 0 Å². The second-order valence-electron chi connectivity index (χ2n) is 4.39. The predicted molar refractivity (Wildman–Crippen MR) is 79.7 cm³/mol. The van der Waals surface area contributed by atoms with Gasteiger partial charge in [0.2, 0.25) is 0 Å². The predicted octanol–water partition coefficient (Wildman–Crippen LogP) is 1.26. The summed E-state index contributed by atoms with van der Waals surface area (Å²) >= 11 is 1.73. The summed E-state index contributed by atoms with van der Waals surface area (Å²) in [5, 5.41) is 23.7. The van der Waals surface area contributed by atoms with E-state index in [-0.39, 0.29) is 6.61 Å². The number of hydrogen-bond donors (Lipinski definition) is 2. The minimum absolute atomic E-state index is 0.0104. The Morgan fingerprint density at radius 2 is 2.05 bits per heavy atom. The summed E-state index contributed by atoms with van der Waals surface area (Å²) < 4.78 is 1.68. The molecule has 108 valence electrons. The van der Waals surface area contributed by atoms with Gasteiger partial charge < -0.3 is 10.2 Å². The van der Waals surface area contributed by atoms with Crippen molar-refractivity contribution in [2.75, 3.05) is 18.6 Å². The summed E-state index contributed by atoms with van der Waals surface area (Å²) in [6, 6.07) is 9.34. The fourth-order valence-electron chi connectivity index (χ4n) is 1.95. The van der Waals surface area contributed by atoms with Gasteiger partial charge in [-0.1, -0.05) is 30.3 Å². The lowest BCUT2D eigenvalue weighted by Crippen LogP contribution is -2.10. The van der Waals surface area contributed by atoms with Gasteiger partial charge in [-0.05, 0) is 11.8 Å². The van der Waals surface area contributed by atoms with Crippen LogP contribution in [-0.4, -0.2) is 43.6 Å². The van der Waals surface area contributed by atoms with E-state index in [1.54, 1.807) is 16.4 Å². The number of aliphatic hydroxyl groups is 2. The molecule has 2 aromatic rings. The van der Waals surface area contributed by atoms with E-state index < -0.39 is 6.10 Å². The number of aromatic nitrogens is 3. The van der Waals surface area contributed by atoms with Crippen molar-refractivity contribution in [1.82, 2.24) is 14.8 Å². The lowest BCUT2D eigenvalue weighted by atomic mass is 10.1. The zero-order valence-electron chi connectivity index (χ0n) is 11.4. The van der Waals surface area contributed by atoms with Crippen molar-refractivity contribution >= 4 is 11.8 Å². The molecule has 1 aromatic carbocycles. The van der Waals surface area contributed by atoms with Crippen molar-refractivity contribution < 1.29 is 10.2 Å². The molecule has 2 N–H and O–H groups in total. The Labute approximate surface area is 122 Å². The molecule has 2 rings (SSSR count). The van der Waals surface area contributed by atoms with E-state index >= 15 is 0 Å². The number of aliphatic hydroxyl groups excluding tert-OH is 2. The molecule has 0 aliphatic heterocycles. The summed E-state index contributed by atoms with van der Waals surface area (Å²) in [6.45, 7) is 0.411. The van der Waals surface area contributed by atoms with Crippen LogP contribution in [0.5, 0.6) is 0 Å². The molecule has 6 heteroatoms. The largest absolute Gasteiger partial charge is 0.394 e. The SMILES string of the molecule is CSCCc1nc([C@H](O)c2ccccc2)nn1CCO. The lowest BCUT2D eigenvalue weighted by Gasteiger charge is -2.05. The van der Waals surface area contributed by atoms with E-state index in [9.17, 15) is 5.11 Å². The smallest absolute Gasteiger partial charge is 0.183 e. The van der Waals surface area contributed by atoms with Gasteiger partial charge in [0.05, 0.1) is 13.2 Å². The summed E-state index contributed by atoms with van der Waals surface area (Å²) in [4.78, 5) is 4.42. The van der Waals surface area contributed by atoms with Gasteiger partial charge in [0.15, 0.2) is 5.82 Å². The molecule has 1 atom stereocenters. The third kappa shape index (κ3) is 3.59. The first kappa shape index (κ1) is 15.0. The van der Waals surface area contributed by atoms with Gasteiger partial charge in [-0.3, -0.25) is 0 Å². The number of nitrogens with zero attached hydrogens (tertiary/aromatic N) is 3. The second-order valence-corrected chi connectivity index (χ2v) is 5.37. The minimum atomic E-state index is -0.829. The molecular formula is C14H19N3O2S. The van der Waals surface area contributed by atoms with E-state index in [2.05, 4.69) is 10.1 Å². The molecule has 0 amide bonds. The maximum Gasteiger partial charge on any atom is 0.183 e. The lowest BCUT2D eigenvalue weighted by molar-refractivity contribution is 0.208. The van der Waals surface area contributed by atoms with Gasteiger partial charge in [0.1, 0.15) is 11.9 Å². The first-order valence-corrected chi connectivity index (χ1v) is 7.92. The summed E-state index contributed by atoms with van der Waals surface area (Å²) in [6.07, 6.45) is 1.98. The average Bonchev–Trinajstić information content (AvgIpc) is 2.89. The Balaban J connectivity index is 2.23. The molecule has 0 aliphatic carbocycles. The molecule has 1 heterocycles. The van der Waals surface area contributed by atoms with Crippen molar-refractivity contribution in [2.24, 2.45) is 0 Å². The second kappa shape index (κ2) is 7.42. The first-order valence-electron chi connectivity index (χ1n) is 6.52. The maximum absolute atomic E-state index is 10.3. The molecule has 1 aromatic heterocycles. The highest BCUT2D eigenvalue weighted by Crippen LogP contribution is 2.19. The van der Waals surface area contributed by atoms with Crippen LogP contribution in [0.15, 0.2) is 30.3 Å². The standard InChI is InChI=1S/C14H19N3O2S/c1-20-10-7-12-15-14(16-17(12)8-9-18)13(19)11-5-3-2-4-6-11/h2-6,13,18-19H,7-10H2,1H3/t13-/m1/s1. The number of aryl methyl sites for hydroxylation is 1. The molecule has 0 fully saturated rings. The molecule has 0 spiro atoms. The molecule has 20 heavy (non-hydrogen) atoms. The van der Waals surface area contributed by atoms with Gasteiger partial charge in [0.25, 0.3) is 0 Å². The van der Waals surface area contributed by atoms with E-state index in [1.807, 2.05) is 36.6 Å². The number of benzene rings is 1. The molecule has 0 saturated heterocycles. The third-order valence-electron chi connectivity index (χ3n) is 2.97. The first-order chi connectivity index (χ1) is 9.76. The summed E-state index contributed by atoms with van der Waals surface area (Å²) in [5.74, 6) is 2.13. The minimum Gasteiger partial charge on any atom is -0.394 e. The number of hydrogen-bond acceptors (Lipinski definition) is 5. The van der Waals surface area contributed by atoms with Crippen LogP contribution >= 0.6 is 11.8 Å². The Hall–Kier alpha value is -1.37. The molecule has 5 nitrogen and oxygen atoms in total. The summed E-state index contributed by atoms with van der Waals surface area (Å²) in [5.41, 5.74) is 0.769. The van der Waals surface area contributed by atoms with Crippen molar-refractivity contribution in [3.05, 3.63) is 47.5 Å². The Morgan fingerprint density at radius 1 is 1.30 bits per heavy atom. The van der Waals surface area contributed by atoms with Crippen molar-refractivity contribution in [3.63, 3.8) is 0 Å². The molecule has 0 bridgehead atoms. The van der Waals surface area contributed by atoms with Gasteiger partial charge in [-0.15, -0.1) is 0 Å². The average molecular weight is 293 g/mol. The molecule has 0 radical (unpaired) electrons. The molecule has 0 saturated carbocycles. The Kier molecular flexibility index (Phi) is 5.58. The highest BCUT2D eigenvalue weighted by atomic mass is 32.2.